The van der Waals surface area contributed by atoms with Crippen LogP contribution in [0.25, 0.3) is 0 Å². The highest BCUT2D eigenvalue weighted by Crippen LogP contribution is 2.10. The van der Waals surface area contributed by atoms with Gasteiger partial charge in [0, 0.05) is 26.7 Å². The first-order chi connectivity index (χ1) is 9.19. The Balaban J connectivity index is 2.44. The summed E-state index contributed by atoms with van der Waals surface area (Å²) in [6.07, 6.45) is 0. The van der Waals surface area contributed by atoms with Gasteiger partial charge in [0.15, 0.2) is 5.96 Å². The molecule has 0 aliphatic heterocycles. The Labute approximate surface area is 115 Å². The van der Waals surface area contributed by atoms with E-state index in [0.717, 1.165) is 11.7 Å². The minimum Gasteiger partial charge on any atom is -0.497 e. The molecule has 1 unspecified atom stereocenters. The third kappa shape index (κ3) is 5.61. The summed E-state index contributed by atoms with van der Waals surface area (Å²) in [5.41, 5.74) is 1.17. The highest BCUT2D eigenvalue weighted by molar-refractivity contribution is 5.79. The van der Waals surface area contributed by atoms with Crippen LogP contribution in [-0.2, 0) is 11.3 Å². The molecule has 0 bridgehead atoms. The molecule has 2 N–H and O–H groups in total. The number of rotatable bonds is 6. The highest BCUT2D eigenvalue weighted by Gasteiger charge is 2.04. The van der Waals surface area contributed by atoms with Crippen LogP contribution in [0.5, 0.6) is 5.75 Å². The van der Waals surface area contributed by atoms with E-state index in [1.165, 1.54) is 5.56 Å². The third-order valence-corrected chi connectivity index (χ3v) is 2.64. The molecule has 19 heavy (non-hydrogen) atoms. The van der Waals surface area contributed by atoms with Gasteiger partial charge in [0.05, 0.1) is 13.7 Å². The van der Waals surface area contributed by atoms with E-state index < -0.39 is 0 Å². The molecule has 0 fully saturated rings. The lowest BCUT2D eigenvalue weighted by molar-refractivity contribution is 0.179. The summed E-state index contributed by atoms with van der Waals surface area (Å²) in [6, 6.07) is 8.16. The number of aliphatic imine (C=N–C) groups is 1. The Morgan fingerprint density at radius 1 is 1.26 bits per heavy atom. The molecule has 0 saturated carbocycles. The standard InChI is InChI=1S/C14H23N3O2/c1-11(10-18-3)17-14(15-2)16-9-12-5-7-13(19-4)8-6-12/h5-8,11H,9-10H2,1-4H3,(H2,15,16,17). The van der Waals surface area contributed by atoms with Gasteiger partial charge in [-0.2, -0.15) is 0 Å². The predicted octanol–water partition coefficient (Wildman–Crippen LogP) is 1.40. The van der Waals surface area contributed by atoms with Gasteiger partial charge in [-0.3, -0.25) is 4.99 Å². The Hall–Kier alpha value is -1.75. The van der Waals surface area contributed by atoms with Crippen molar-refractivity contribution in [2.75, 3.05) is 27.9 Å². The molecule has 0 heterocycles. The van der Waals surface area contributed by atoms with Gasteiger partial charge in [0.25, 0.3) is 0 Å². The van der Waals surface area contributed by atoms with Crippen molar-refractivity contribution in [2.24, 2.45) is 4.99 Å². The molecular weight excluding hydrogens is 242 g/mol. The zero-order valence-electron chi connectivity index (χ0n) is 12.1. The zero-order chi connectivity index (χ0) is 14.1. The van der Waals surface area contributed by atoms with Crippen molar-refractivity contribution in [2.45, 2.75) is 19.5 Å². The lowest BCUT2D eigenvalue weighted by Gasteiger charge is -2.17. The second-order valence-corrected chi connectivity index (χ2v) is 4.27. The molecule has 0 spiro atoms. The average molecular weight is 265 g/mol. The second kappa shape index (κ2) is 8.37. The van der Waals surface area contributed by atoms with Gasteiger partial charge in [-0.1, -0.05) is 12.1 Å². The Morgan fingerprint density at radius 3 is 2.47 bits per heavy atom. The molecular formula is C14H23N3O2. The van der Waals surface area contributed by atoms with Crippen molar-refractivity contribution in [1.29, 1.82) is 0 Å². The predicted molar refractivity (Wildman–Crippen MR) is 77.7 cm³/mol. The summed E-state index contributed by atoms with van der Waals surface area (Å²) in [5, 5.41) is 6.50. The summed E-state index contributed by atoms with van der Waals surface area (Å²) >= 11 is 0. The lowest BCUT2D eigenvalue weighted by atomic mass is 10.2. The van der Waals surface area contributed by atoms with Gasteiger partial charge < -0.3 is 20.1 Å². The van der Waals surface area contributed by atoms with Gasteiger partial charge in [-0.15, -0.1) is 0 Å². The number of benzene rings is 1. The van der Waals surface area contributed by atoms with Crippen LogP contribution in [0.1, 0.15) is 12.5 Å². The first-order valence-electron chi connectivity index (χ1n) is 6.28. The first kappa shape index (κ1) is 15.3. The third-order valence-electron chi connectivity index (χ3n) is 2.64. The maximum atomic E-state index is 5.13. The summed E-state index contributed by atoms with van der Waals surface area (Å²) in [5.74, 6) is 1.63. The van der Waals surface area contributed by atoms with Crippen LogP contribution in [0, 0.1) is 0 Å². The maximum Gasteiger partial charge on any atom is 0.191 e. The van der Waals surface area contributed by atoms with Crippen LogP contribution >= 0.6 is 0 Å². The van der Waals surface area contributed by atoms with Gasteiger partial charge >= 0.3 is 0 Å². The van der Waals surface area contributed by atoms with E-state index in [9.17, 15) is 0 Å². The molecule has 0 aliphatic carbocycles. The van der Waals surface area contributed by atoms with Crippen LogP contribution in [0.15, 0.2) is 29.3 Å². The molecule has 106 valence electrons. The Kier molecular flexibility index (Phi) is 6.74. The molecule has 5 nitrogen and oxygen atoms in total. The van der Waals surface area contributed by atoms with E-state index in [-0.39, 0.29) is 6.04 Å². The highest BCUT2D eigenvalue weighted by atomic mass is 16.5. The summed E-state index contributed by atoms with van der Waals surface area (Å²) in [4.78, 5) is 4.17. The number of nitrogens with one attached hydrogen (secondary N) is 2. The fourth-order valence-corrected chi connectivity index (χ4v) is 1.65. The number of guanidine groups is 1. The van der Waals surface area contributed by atoms with Crippen molar-refractivity contribution in [3.8, 4) is 5.75 Å². The summed E-state index contributed by atoms with van der Waals surface area (Å²) in [7, 11) is 5.10. The van der Waals surface area contributed by atoms with Crippen molar-refractivity contribution < 1.29 is 9.47 Å². The van der Waals surface area contributed by atoms with Gasteiger partial charge in [0.2, 0.25) is 0 Å². The minimum atomic E-state index is 0.215. The molecule has 5 heteroatoms. The lowest BCUT2D eigenvalue weighted by Crippen LogP contribution is -2.43. The van der Waals surface area contributed by atoms with Crippen molar-refractivity contribution in [3.05, 3.63) is 29.8 Å². The second-order valence-electron chi connectivity index (χ2n) is 4.27. The first-order valence-corrected chi connectivity index (χ1v) is 6.28. The molecule has 0 aliphatic rings. The van der Waals surface area contributed by atoms with Crippen molar-refractivity contribution in [1.82, 2.24) is 10.6 Å². The van der Waals surface area contributed by atoms with Crippen LogP contribution in [-0.4, -0.2) is 39.9 Å². The molecule has 0 aromatic heterocycles. The molecule has 0 saturated heterocycles. The van der Waals surface area contributed by atoms with Crippen molar-refractivity contribution >= 4 is 5.96 Å². The van der Waals surface area contributed by atoms with E-state index in [1.54, 1.807) is 21.3 Å². The molecule has 1 rings (SSSR count). The van der Waals surface area contributed by atoms with E-state index in [2.05, 4.69) is 15.6 Å². The molecule has 1 aromatic carbocycles. The average Bonchev–Trinajstić information content (AvgIpc) is 2.44. The van der Waals surface area contributed by atoms with E-state index in [1.807, 2.05) is 31.2 Å². The number of hydrogen-bond donors (Lipinski definition) is 2. The Bertz CT molecular complexity index is 390. The van der Waals surface area contributed by atoms with E-state index in [0.29, 0.717) is 13.2 Å². The van der Waals surface area contributed by atoms with Crippen LogP contribution < -0.4 is 15.4 Å². The van der Waals surface area contributed by atoms with Gasteiger partial charge in [0.1, 0.15) is 5.75 Å². The van der Waals surface area contributed by atoms with Crippen LogP contribution in [0.4, 0.5) is 0 Å². The number of methoxy groups -OCH3 is 2. The van der Waals surface area contributed by atoms with Crippen LogP contribution in [0.2, 0.25) is 0 Å². The van der Waals surface area contributed by atoms with Gasteiger partial charge in [-0.05, 0) is 24.6 Å². The van der Waals surface area contributed by atoms with Crippen molar-refractivity contribution in [3.63, 3.8) is 0 Å². The number of hydrogen-bond acceptors (Lipinski definition) is 3. The quantitative estimate of drug-likeness (QED) is 0.603. The molecule has 0 radical (unpaired) electrons. The van der Waals surface area contributed by atoms with E-state index in [4.69, 9.17) is 9.47 Å². The largest absolute Gasteiger partial charge is 0.497 e. The van der Waals surface area contributed by atoms with Crippen LogP contribution in [0.3, 0.4) is 0 Å². The molecule has 1 atom stereocenters. The normalized spacial score (nSPS) is 12.9. The monoisotopic (exact) mass is 265 g/mol. The van der Waals surface area contributed by atoms with Gasteiger partial charge in [-0.25, -0.2) is 0 Å². The number of ether oxygens (including phenoxy) is 2. The zero-order valence-corrected chi connectivity index (χ0v) is 12.1. The Morgan fingerprint density at radius 2 is 1.95 bits per heavy atom. The SMILES string of the molecule is CN=C(NCc1ccc(OC)cc1)NC(C)COC. The summed E-state index contributed by atoms with van der Waals surface area (Å²) in [6.45, 7) is 3.40. The fraction of sp³-hybridized carbons (Fsp3) is 0.500. The minimum absolute atomic E-state index is 0.215. The smallest absolute Gasteiger partial charge is 0.191 e. The maximum absolute atomic E-state index is 5.13. The fourth-order valence-electron chi connectivity index (χ4n) is 1.65. The topological polar surface area (TPSA) is 54.9 Å². The molecule has 1 aromatic rings. The van der Waals surface area contributed by atoms with E-state index >= 15 is 0 Å². The summed E-state index contributed by atoms with van der Waals surface area (Å²) < 4.78 is 10.2. The number of nitrogens with zero attached hydrogens (tertiary/aromatic N) is 1. The molecule has 0 amide bonds.